The molecule has 0 atom stereocenters. The van der Waals surface area contributed by atoms with Crippen LogP contribution < -0.4 is 10.6 Å². The van der Waals surface area contributed by atoms with Crippen molar-refractivity contribution in [1.82, 2.24) is 10.2 Å². The molecule has 3 amide bonds. The van der Waals surface area contributed by atoms with Crippen molar-refractivity contribution in [3.8, 4) is 0 Å². The van der Waals surface area contributed by atoms with Crippen LogP contribution in [0.4, 0.5) is 15.3 Å². The van der Waals surface area contributed by atoms with Gasteiger partial charge in [-0.2, -0.15) is 0 Å². The Labute approximate surface area is 207 Å². The summed E-state index contributed by atoms with van der Waals surface area (Å²) in [6.45, 7) is 8.04. The lowest BCUT2D eigenvalue weighted by Gasteiger charge is -2.40. The van der Waals surface area contributed by atoms with Gasteiger partial charge in [0.05, 0.1) is 0 Å². The van der Waals surface area contributed by atoms with Crippen molar-refractivity contribution in [2.75, 3.05) is 18.4 Å². The Hall–Kier alpha value is -3.55. The predicted molar refractivity (Wildman–Crippen MR) is 134 cm³/mol. The summed E-state index contributed by atoms with van der Waals surface area (Å²) in [7, 11) is 0. The number of likely N-dealkylation sites (tertiary alicyclic amines) is 1. The van der Waals surface area contributed by atoms with Crippen molar-refractivity contribution in [3.05, 3.63) is 65.7 Å². The summed E-state index contributed by atoms with van der Waals surface area (Å²) in [6.07, 6.45) is 0.232. The van der Waals surface area contributed by atoms with Crippen molar-refractivity contribution in [1.29, 1.82) is 0 Å². The molecule has 35 heavy (non-hydrogen) atoms. The summed E-state index contributed by atoms with van der Waals surface area (Å²) < 4.78 is 10.9. The van der Waals surface area contributed by atoms with E-state index < -0.39 is 23.3 Å². The minimum absolute atomic E-state index is 0.172. The maximum Gasteiger partial charge on any atom is 0.410 e. The molecule has 3 rings (SSSR count). The fourth-order valence-corrected chi connectivity index (χ4v) is 3.86. The Kier molecular flexibility index (Phi) is 8.38. The molecule has 0 spiro atoms. The van der Waals surface area contributed by atoms with Crippen LogP contribution in [0.15, 0.2) is 54.6 Å². The van der Waals surface area contributed by atoms with Crippen molar-refractivity contribution < 1.29 is 23.9 Å². The van der Waals surface area contributed by atoms with Crippen molar-refractivity contribution in [2.24, 2.45) is 0 Å². The predicted octanol–water partition coefficient (Wildman–Crippen LogP) is 4.88. The zero-order valence-corrected chi connectivity index (χ0v) is 20.9. The molecule has 2 N–H and O–H groups in total. The van der Waals surface area contributed by atoms with Crippen molar-refractivity contribution in [2.45, 2.75) is 64.7 Å². The van der Waals surface area contributed by atoms with Gasteiger partial charge in [0.1, 0.15) is 17.7 Å². The molecule has 2 aromatic carbocycles. The van der Waals surface area contributed by atoms with Crippen LogP contribution in [0.5, 0.6) is 0 Å². The number of rotatable bonds is 6. The Bertz CT molecular complexity index is 1010. The number of amides is 3. The van der Waals surface area contributed by atoms with Gasteiger partial charge in [0, 0.05) is 18.8 Å². The molecule has 0 saturated carbocycles. The first-order valence-corrected chi connectivity index (χ1v) is 12.0. The summed E-state index contributed by atoms with van der Waals surface area (Å²) in [5.74, 6) is -0.343. The first-order chi connectivity index (χ1) is 16.6. The number of ether oxygens (including phenoxy) is 2. The van der Waals surface area contributed by atoms with Gasteiger partial charge in [-0.1, -0.05) is 49.4 Å². The third-order valence-electron chi connectivity index (χ3n) is 5.88. The highest BCUT2D eigenvalue weighted by Crippen LogP contribution is 2.26. The number of carbonyl (C=O) groups excluding carboxylic acids is 3. The molecule has 1 saturated heterocycles. The second-order valence-corrected chi connectivity index (χ2v) is 9.74. The number of nitrogens with zero attached hydrogens (tertiary/aromatic N) is 1. The molecule has 0 aliphatic carbocycles. The van der Waals surface area contributed by atoms with Gasteiger partial charge in [-0.25, -0.2) is 9.59 Å². The van der Waals surface area contributed by atoms with E-state index in [2.05, 4.69) is 17.6 Å². The van der Waals surface area contributed by atoms with Crippen LogP contribution >= 0.6 is 0 Å². The minimum atomic E-state index is -1.22. The zero-order chi connectivity index (χ0) is 25.5. The first-order valence-electron chi connectivity index (χ1n) is 12.0. The molecule has 1 fully saturated rings. The molecule has 0 radical (unpaired) electrons. The number of hydrogen-bond donors (Lipinski definition) is 2. The number of anilines is 1. The number of carbonyl (C=O) groups is 3. The smallest absolute Gasteiger partial charge is 0.410 e. The molecule has 188 valence electrons. The highest BCUT2D eigenvalue weighted by atomic mass is 16.6. The topological polar surface area (TPSA) is 97.0 Å². The monoisotopic (exact) mass is 481 g/mol. The highest BCUT2D eigenvalue weighted by Gasteiger charge is 2.44. The Balaban J connectivity index is 1.68. The van der Waals surface area contributed by atoms with E-state index in [-0.39, 0.29) is 38.4 Å². The van der Waals surface area contributed by atoms with Crippen LogP contribution in [-0.4, -0.2) is 47.2 Å². The molecule has 1 heterocycles. The van der Waals surface area contributed by atoms with E-state index in [1.54, 1.807) is 25.7 Å². The lowest BCUT2D eigenvalue weighted by molar-refractivity contribution is -0.124. The van der Waals surface area contributed by atoms with Crippen molar-refractivity contribution in [3.63, 3.8) is 0 Å². The minimum Gasteiger partial charge on any atom is -0.445 e. The average Bonchev–Trinajstić information content (AvgIpc) is 2.83. The molecule has 1 aliphatic rings. The van der Waals surface area contributed by atoms with Crippen LogP contribution in [0.1, 0.15) is 51.7 Å². The maximum absolute atomic E-state index is 13.4. The lowest BCUT2D eigenvalue weighted by atomic mass is 9.86. The van der Waals surface area contributed by atoms with Crippen LogP contribution in [0.2, 0.25) is 0 Å². The van der Waals surface area contributed by atoms with Crippen LogP contribution in [0.3, 0.4) is 0 Å². The fraction of sp³-hybridized carbons (Fsp3) is 0.444. The zero-order valence-electron chi connectivity index (χ0n) is 20.9. The third kappa shape index (κ3) is 7.47. The van der Waals surface area contributed by atoms with Gasteiger partial charge in [-0.3, -0.25) is 4.79 Å². The normalized spacial score (nSPS) is 15.1. The van der Waals surface area contributed by atoms with E-state index >= 15 is 0 Å². The van der Waals surface area contributed by atoms with Crippen LogP contribution in [0, 0.1) is 0 Å². The van der Waals surface area contributed by atoms with E-state index in [0.29, 0.717) is 5.69 Å². The molecular weight excluding hydrogens is 446 g/mol. The summed E-state index contributed by atoms with van der Waals surface area (Å²) in [6, 6.07) is 17.0. The van der Waals surface area contributed by atoms with Crippen LogP contribution in [-0.2, 0) is 27.3 Å². The van der Waals surface area contributed by atoms with Gasteiger partial charge in [0.25, 0.3) is 0 Å². The Morgan fingerprint density at radius 1 is 0.943 bits per heavy atom. The van der Waals surface area contributed by atoms with E-state index in [9.17, 15) is 14.4 Å². The highest BCUT2D eigenvalue weighted by molar-refractivity contribution is 6.00. The third-order valence-corrected chi connectivity index (χ3v) is 5.88. The van der Waals surface area contributed by atoms with E-state index in [1.165, 1.54) is 0 Å². The van der Waals surface area contributed by atoms with E-state index in [1.807, 2.05) is 54.6 Å². The fourth-order valence-electron chi connectivity index (χ4n) is 3.86. The first kappa shape index (κ1) is 26.1. The molecule has 8 nitrogen and oxygen atoms in total. The molecule has 0 aromatic heterocycles. The number of piperidine rings is 1. The summed E-state index contributed by atoms with van der Waals surface area (Å²) >= 11 is 0. The van der Waals surface area contributed by atoms with Gasteiger partial charge < -0.3 is 25.0 Å². The molecular formula is C27H35N3O5. The number of aryl methyl sites for hydroxylation is 1. The second-order valence-electron chi connectivity index (χ2n) is 9.74. The summed E-state index contributed by atoms with van der Waals surface area (Å²) in [4.78, 5) is 40.2. The SMILES string of the molecule is CCc1ccc(NC(=O)C2(NC(=O)OC(C)(C)C)CCN(C(=O)OCc3ccccc3)CC2)cc1. The van der Waals surface area contributed by atoms with Gasteiger partial charge in [0.15, 0.2) is 0 Å². The molecule has 2 aromatic rings. The van der Waals surface area contributed by atoms with E-state index in [0.717, 1.165) is 17.5 Å². The molecule has 0 bridgehead atoms. The quantitative estimate of drug-likeness (QED) is 0.613. The number of alkyl carbamates (subject to hydrolysis) is 1. The van der Waals surface area contributed by atoms with E-state index in [4.69, 9.17) is 9.47 Å². The molecule has 8 heteroatoms. The lowest BCUT2D eigenvalue weighted by Crippen LogP contribution is -2.62. The maximum atomic E-state index is 13.4. The van der Waals surface area contributed by atoms with Gasteiger partial charge >= 0.3 is 12.2 Å². The second kappa shape index (κ2) is 11.3. The molecule has 1 aliphatic heterocycles. The number of hydrogen-bond acceptors (Lipinski definition) is 5. The summed E-state index contributed by atoms with van der Waals surface area (Å²) in [5.41, 5.74) is 0.767. The summed E-state index contributed by atoms with van der Waals surface area (Å²) in [5, 5.41) is 5.72. The molecule has 0 unspecified atom stereocenters. The average molecular weight is 482 g/mol. The largest absolute Gasteiger partial charge is 0.445 e. The number of nitrogens with one attached hydrogen (secondary N) is 2. The number of benzene rings is 2. The Morgan fingerprint density at radius 2 is 1.57 bits per heavy atom. The van der Waals surface area contributed by atoms with Crippen LogP contribution in [0.25, 0.3) is 0 Å². The van der Waals surface area contributed by atoms with Gasteiger partial charge in [-0.05, 0) is 63.3 Å². The van der Waals surface area contributed by atoms with Gasteiger partial charge in [-0.15, -0.1) is 0 Å². The van der Waals surface area contributed by atoms with Crippen molar-refractivity contribution >= 4 is 23.8 Å². The standard InChI is InChI=1S/C27H35N3O5/c1-5-20-11-13-22(14-12-20)28-23(31)27(29-24(32)35-26(2,3)4)15-17-30(18-16-27)25(33)34-19-21-9-7-6-8-10-21/h6-14H,5,15-19H2,1-4H3,(H,28,31)(H,29,32). The Morgan fingerprint density at radius 3 is 2.14 bits per heavy atom. The van der Waals surface area contributed by atoms with Gasteiger partial charge in [0.2, 0.25) is 5.91 Å².